The molecule has 2 aromatic heterocycles. The summed E-state index contributed by atoms with van der Waals surface area (Å²) in [6, 6.07) is 3.89. The molecule has 0 aliphatic carbocycles. The molecule has 5 nitrogen and oxygen atoms in total. The molecule has 0 bridgehead atoms. The van der Waals surface area contributed by atoms with Crippen molar-refractivity contribution in [2.75, 3.05) is 13.6 Å². The normalized spacial score (nSPS) is 11.1. The molecule has 0 aliphatic heterocycles. The molecule has 0 atom stereocenters. The summed E-state index contributed by atoms with van der Waals surface area (Å²) >= 11 is 1.56. The number of likely N-dealkylation sites (N-methyl/N-ethyl adjacent to an activating group) is 1. The second-order valence-electron chi connectivity index (χ2n) is 4.07. The zero-order valence-electron chi connectivity index (χ0n) is 10.2. The Kier molecular flexibility index (Phi) is 3.78. The van der Waals surface area contributed by atoms with E-state index in [9.17, 15) is 4.79 Å². The fraction of sp³-hybridized carbons (Fsp3) is 0.333. The van der Waals surface area contributed by atoms with E-state index >= 15 is 0 Å². The van der Waals surface area contributed by atoms with E-state index in [4.69, 9.17) is 9.52 Å². The van der Waals surface area contributed by atoms with Crippen LogP contribution in [-0.2, 0) is 11.3 Å². The topological polar surface area (TPSA) is 66.6 Å². The van der Waals surface area contributed by atoms with Gasteiger partial charge in [-0.1, -0.05) is 6.07 Å². The minimum Gasteiger partial charge on any atom is -0.480 e. The van der Waals surface area contributed by atoms with Crippen LogP contribution in [0.3, 0.4) is 0 Å². The SMILES string of the molecule is Cc1oc(-c2cccs2)nc1CN(C)CC(=O)O. The highest BCUT2D eigenvalue weighted by Gasteiger charge is 2.14. The monoisotopic (exact) mass is 266 g/mol. The number of thiophene rings is 1. The molecule has 0 unspecified atom stereocenters. The zero-order valence-corrected chi connectivity index (χ0v) is 11.0. The van der Waals surface area contributed by atoms with Crippen LogP contribution in [0.1, 0.15) is 11.5 Å². The highest BCUT2D eigenvalue weighted by Crippen LogP contribution is 2.26. The third kappa shape index (κ3) is 2.96. The summed E-state index contributed by atoms with van der Waals surface area (Å²) in [5.41, 5.74) is 0.780. The van der Waals surface area contributed by atoms with Crippen molar-refractivity contribution in [2.45, 2.75) is 13.5 Å². The van der Waals surface area contributed by atoms with Gasteiger partial charge in [0.1, 0.15) is 5.76 Å². The Morgan fingerprint density at radius 3 is 3.00 bits per heavy atom. The molecular formula is C12H14N2O3S. The van der Waals surface area contributed by atoms with E-state index in [1.165, 1.54) is 0 Å². The highest BCUT2D eigenvalue weighted by atomic mass is 32.1. The van der Waals surface area contributed by atoms with E-state index in [-0.39, 0.29) is 6.54 Å². The smallest absolute Gasteiger partial charge is 0.317 e. The average Bonchev–Trinajstić information content (AvgIpc) is 2.87. The molecule has 6 heteroatoms. The van der Waals surface area contributed by atoms with E-state index in [2.05, 4.69) is 4.98 Å². The van der Waals surface area contributed by atoms with Crippen molar-refractivity contribution in [3.05, 3.63) is 29.0 Å². The van der Waals surface area contributed by atoms with E-state index < -0.39 is 5.97 Å². The Hall–Kier alpha value is -1.66. The second kappa shape index (κ2) is 5.32. The molecular weight excluding hydrogens is 252 g/mol. The van der Waals surface area contributed by atoms with Crippen molar-refractivity contribution in [3.8, 4) is 10.8 Å². The van der Waals surface area contributed by atoms with Crippen LogP contribution in [0, 0.1) is 6.92 Å². The van der Waals surface area contributed by atoms with Crippen molar-refractivity contribution in [3.63, 3.8) is 0 Å². The maximum absolute atomic E-state index is 10.6. The van der Waals surface area contributed by atoms with E-state index in [0.717, 1.165) is 16.3 Å². The minimum atomic E-state index is -0.850. The largest absolute Gasteiger partial charge is 0.480 e. The first-order chi connectivity index (χ1) is 8.56. The molecule has 0 aromatic carbocycles. The van der Waals surface area contributed by atoms with Crippen molar-refractivity contribution >= 4 is 17.3 Å². The minimum absolute atomic E-state index is 0.0133. The predicted molar refractivity (Wildman–Crippen MR) is 68.5 cm³/mol. The lowest BCUT2D eigenvalue weighted by Gasteiger charge is -2.11. The Morgan fingerprint density at radius 1 is 1.61 bits per heavy atom. The van der Waals surface area contributed by atoms with Crippen LogP contribution in [0.15, 0.2) is 21.9 Å². The third-order valence-corrected chi connectivity index (χ3v) is 3.31. The van der Waals surface area contributed by atoms with Gasteiger partial charge in [0.2, 0.25) is 5.89 Å². The molecule has 2 heterocycles. The van der Waals surface area contributed by atoms with Gasteiger partial charge in [-0.15, -0.1) is 11.3 Å². The van der Waals surface area contributed by atoms with Gasteiger partial charge in [-0.3, -0.25) is 9.69 Å². The molecule has 0 saturated carbocycles. The fourth-order valence-electron chi connectivity index (χ4n) is 1.62. The standard InChI is InChI=1S/C12H14N2O3S/c1-8-9(6-14(2)7-11(15)16)13-12(17-8)10-4-3-5-18-10/h3-5H,6-7H2,1-2H3,(H,15,16). The van der Waals surface area contributed by atoms with Gasteiger partial charge in [0.25, 0.3) is 0 Å². The van der Waals surface area contributed by atoms with Gasteiger partial charge in [0.05, 0.1) is 17.1 Å². The highest BCUT2D eigenvalue weighted by molar-refractivity contribution is 7.13. The molecule has 2 rings (SSSR count). The number of carboxylic acids is 1. The van der Waals surface area contributed by atoms with Crippen LogP contribution in [0.5, 0.6) is 0 Å². The molecule has 0 aliphatic rings. The summed E-state index contributed by atoms with van der Waals surface area (Å²) in [6.07, 6.45) is 0. The van der Waals surface area contributed by atoms with Crippen LogP contribution in [0.25, 0.3) is 10.8 Å². The number of carbonyl (C=O) groups is 1. The third-order valence-electron chi connectivity index (χ3n) is 2.45. The van der Waals surface area contributed by atoms with E-state index in [0.29, 0.717) is 12.4 Å². The number of oxazole rings is 1. The van der Waals surface area contributed by atoms with Crippen molar-refractivity contribution < 1.29 is 14.3 Å². The van der Waals surface area contributed by atoms with Gasteiger partial charge < -0.3 is 9.52 Å². The number of aromatic nitrogens is 1. The summed E-state index contributed by atoms with van der Waals surface area (Å²) in [5, 5.41) is 10.7. The van der Waals surface area contributed by atoms with Crippen LogP contribution >= 0.6 is 11.3 Å². The number of aliphatic carboxylic acids is 1. The lowest BCUT2D eigenvalue weighted by atomic mass is 10.3. The van der Waals surface area contributed by atoms with E-state index in [1.807, 2.05) is 24.4 Å². The van der Waals surface area contributed by atoms with E-state index in [1.54, 1.807) is 23.3 Å². The predicted octanol–water partition coefficient (Wildman–Crippen LogP) is 2.23. The Bertz CT molecular complexity index is 534. The van der Waals surface area contributed by atoms with Crippen LogP contribution < -0.4 is 0 Å². The number of rotatable bonds is 5. The van der Waals surface area contributed by atoms with Crippen molar-refractivity contribution in [1.82, 2.24) is 9.88 Å². The van der Waals surface area contributed by atoms with Gasteiger partial charge in [-0.25, -0.2) is 4.98 Å². The van der Waals surface area contributed by atoms with Gasteiger partial charge in [0.15, 0.2) is 0 Å². The molecule has 0 spiro atoms. The fourth-order valence-corrected chi connectivity index (χ4v) is 2.27. The lowest BCUT2D eigenvalue weighted by Crippen LogP contribution is -2.25. The number of carboxylic acid groups (broad SMARTS) is 1. The number of aryl methyl sites for hydroxylation is 1. The molecule has 18 heavy (non-hydrogen) atoms. The second-order valence-corrected chi connectivity index (χ2v) is 5.01. The Labute approximate surface area is 109 Å². The summed E-state index contributed by atoms with van der Waals surface area (Å²) in [6.45, 7) is 2.29. The van der Waals surface area contributed by atoms with Crippen molar-refractivity contribution in [2.24, 2.45) is 0 Å². The lowest BCUT2D eigenvalue weighted by molar-refractivity contribution is -0.138. The molecule has 1 N–H and O–H groups in total. The maximum atomic E-state index is 10.6. The van der Waals surface area contributed by atoms with Gasteiger partial charge >= 0.3 is 5.97 Å². The zero-order chi connectivity index (χ0) is 13.1. The van der Waals surface area contributed by atoms with Crippen LogP contribution in [-0.4, -0.2) is 34.6 Å². The summed E-state index contributed by atoms with van der Waals surface area (Å²) in [5.74, 6) is 0.481. The molecule has 0 amide bonds. The summed E-state index contributed by atoms with van der Waals surface area (Å²) in [7, 11) is 1.74. The molecule has 2 aromatic rings. The first-order valence-corrected chi connectivity index (χ1v) is 6.34. The van der Waals surface area contributed by atoms with Gasteiger partial charge in [-0.05, 0) is 25.4 Å². The maximum Gasteiger partial charge on any atom is 0.317 e. The summed E-state index contributed by atoms with van der Waals surface area (Å²) in [4.78, 5) is 17.7. The van der Waals surface area contributed by atoms with Gasteiger partial charge in [0, 0.05) is 6.54 Å². The molecule has 0 radical (unpaired) electrons. The molecule has 0 fully saturated rings. The molecule has 96 valence electrons. The van der Waals surface area contributed by atoms with Crippen LogP contribution in [0.2, 0.25) is 0 Å². The number of nitrogens with zero attached hydrogens (tertiary/aromatic N) is 2. The van der Waals surface area contributed by atoms with Gasteiger partial charge in [-0.2, -0.15) is 0 Å². The Morgan fingerprint density at radius 2 is 2.39 bits per heavy atom. The number of hydrogen-bond acceptors (Lipinski definition) is 5. The molecule has 0 saturated heterocycles. The first kappa shape index (κ1) is 12.8. The average molecular weight is 266 g/mol. The summed E-state index contributed by atoms with van der Waals surface area (Å²) < 4.78 is 5.59. The number of hydrogen-bond donors (Lipinski definition) is 1. The van der Waals surface area contributed by atoms with Crippen LogP contribution in [0.4, 0.5) is 0 Å². The first-order valence-electron chi connectivity index (χ1n) is 5.47. The Balaban J connectivity index is 2.12. The quantitative estimate of drug-likeness (QED) is 0.899. The van der Waals surface area contributed by atoms with Crippen molar-refractivity contribution in [1.29, 1.82) is 0 Å².